The fourth-order valence-corrected chi connectivity index (χ4v) is 3.57. The molecule has 0 spiro atoms. The van der Waals surface area contributed by atoms with Crippen LogP contribution < -0.4 is 16.6 Å². The predicted octanol–water partition coefficient (Wildman–Crippen LogP) is 1.97. The van der Waals surface area contributed by atoms with Gasteiger partial charge in [0.2, 0.25) is 0 Å². The van der Waals surface area contributed by atoms with Crippen LogP contribution in [0, 0.1) is 13.8 Å². The Bertz CT molecular complexity index is 979. The number of carbonyl (C=O) groups excluding carboxylic acids is 1. The quantitative estimate of drug-likeness (QED) is 0.741. The Morgan fingerprint density at radius 1 is 1.38 bits per heavy atom. The molecule has 0 saturated carbocycles. The molecule has 3 aromatic heterocycles. The summed E-state index contributed by atoms with van der Waals surface area (Å²) in [6.45, 7) is 3.87. The van der Waals surface area contributed by atoms with Crippen molar-refractivity contribution in [1.82, 2.24) is 14.5 Å². The van der Waals surface area contributed by atoms with Gasteiger partial charge in [0.25, 0.3) is 11.5 Å². The van der Waals surface area contributed by atoms with Gasteiger partial charge in [0.15, 0.2) is 5.13 Å². The zero-order valence-corrected chi connectivity index (χ0v) is 14.6. The smallest absolute Gasteiger partial charge is 0.313 e. The maximum Gasteiger partial charge on any atom is 0.328 e. The lowest BCUT2D eigenvalue weighted by Gasteiger charge is -2.06. The topological polar surface area (TPSA) is 96.8 Å². The first-order chi connectivity index (χ1) is 11.5. The number of thiophene rings is 1. The molecule has 9 heteroatoms. The zero-order valence-electron chi connectivity index (χ0n) is 13.0. The van der Waals surface area contributed by atoms with Crippen LogP contribution in [0.3, 0.4) is 0 Å². The number of rotatable bonds is 4. The van der Waals surface area contributed by atoms with Gasteiger partial charge in [0.1, 0.15) is 5.56 Å². The van der Waals surface area contributed by atoms with E-state index in [0.717, 1.165) is 26.2 Å². The standard InChI is InChI=1S/C15H14N4O3S2/c1-8-9(2)24-14(17-8)18-12(20)11-6-16-15(22)19(13(11)21)7-10-4-3-5-23-10/h3-6H,7H2,1-2H3,(H,16,22)(H,17,18,20). The summed E-state index contributed by atoms with van der Waals surface area (Å²) < 4.78 is 1.01. The Morgan fingerprint density at radius 2 is 2.17 bits per heavy atom. The van der Waals surface area contributed by atoms with E-state index >= 15 is 0 Å². The molecule has 0 saturated heterocycles. The highest BCUT2D eigenvalue weighted by molar-refractivity contribution is 7.15. The summed E-state index contributed by atoms with van der Waals surface area (Å²) in [5.41, 5.74) is -0.482. The van der Waals surface area contributed by atoms with Crippen LogP contribution in [-0.2, 0) is 6.54 Å². The molecule has 0 aliphatic carbocycles. The third-order valence-electron chi connectivity index (χ3n) is 3.45. The average molecular weight is 362 g/mol. The van der Waals surface area contributed by atoms with Crippen molar-refractivity contribution >= 4 is 33.7 Å². The van der Waals surface area contributed by atoms with E-state index in [1.54, 1.807) is 0 Å². The molecule has 0 radical (unpaired) electrons. The van der Waals surface area contributed by atoms with Gasteiger partial charge in [0, 0.05) is 16.0 Å². The summed E-state index contributed by atoms with van der Waals surface area (Å²) in [5, 5.41) is 4.88. The molecular formula is C15H14N4O3S2. The fraction of sp³-hybridized carbons (Fsp3) is 0.200. The van der Waals surface area contributed by atoms with Gasteiger partial charge in [-0.15, -0.1) is 22.7 Å². The molecule has 3 aromatic rings. The second-order valence-corrected chi connectivity index (χ2v) is 7.33. The Labute approximate surface area is 144 Å². The van der Waals surface area contributed by atoms with Crippen molar-refractivity contribution in [2.75, 3.05) is 5.32 Å². The molecular weight excluding hydrogens is 348 g/mol. The van der Waals surface area contributed by atoms with E-state index in [1.165, 1.54) is 22.7 Å². The summed E-state index contributed by atoms with van der Waals surface area (Å²) in [6.07, 6.45) is 1.14. The highest BCUT2D eigenvalue weighted by Crippen LogP contribution is 2.21. The van der Waals surface area contributed by atoms with Gasteiger partial charge in [-0.05, 0) is 25.3 Å². The van der Waals surface area contributed by atoms with Crippen molar-refractivity contribution in [3.63, 3.8) is 0 Å². The molecule has 0 aliphatic heterocycles. The molecule has 0 bridgehead atoms. The van der Waals surface area contributed by atoms with Crippen LogP contribution in [0.1, 0.15) is 25.8 Å². The van der Waals surface area contributed by atoms with Crippen LogP contribution in [0.25, 0.3) is 0 Å². The summed E-state index contributed by atoms with van der Waals surface area (Å²) in [5.74, 6) is -0.593. The monoisotopic (exact) mass is 362 g/mol. The molecule has 1 amide bonds. The van der Waals surface area contributed by atoms with Crippen LogP contribution >= 0.6 is 22.7 Å². The number of hydrogen-bond acceptors (Lipinski definition) is 6. The lowest BCUT2D eigenvalue weighted by molar-refractivity contribution is 0.102. The SMILES string of the molecule is Cc1nc(NC(=O)c2c[nH]c(=O)n(Cc3cccs3)c2=O)sc1C. The van der Waals surface area contributed by atoms with Crippen LogP contribution in [0.4, 0.5) is 5.13 Å². The van der Waals surface area contributed by atoms with Gasteiger partial charge in [0.05, 0.1) is 12.2 Å². The Hall–Kier alpha value is -2.52. The molecule has 24 heavy (non-hydrogen) atoms. The van der Waals surface area contributed by atoms with E-state index in [2.05, 4.69) is 15.3 Å². The normalized spacial score (nSPS) is 10.8. The van der Waals surface area contributed by atoms with Gasteiger partial charge < -0.3 is 4.98 Å². The number of carbonyl (C=O) groups is 1. The van der Waals surface area contributed by atoms with Crippen LogP contribution in [0.2, 0.25) is 0 Å². The number of aromatic amines is 1. The third kappa shape index (κ3) is 3.22. The second kappa shape index (κ2) is 6.54. The number of hydrogen-bond donors (Lipinski definition) is 2. The number of H-pyrrole nitrogens is 1. The minimum atomic E-state index is -0.630. The van der Waals surface area contributed by atoms with Crippen LogP contribution in [-0.4, -0.2) is 20.4 Å². The molecule has 0 fully saturated rings. The number of amides is 1. The number of anilines is 1. The van der Waals surface area contributed by atoms with Crippen molar-refractivity contribution in [2.45, 2.75) is 20.4 Å². The van der Waals surface area contributed by atoms with Crippen molar-refractivity contribution in [3.05, 3.63) is 65.6 Å². The Kier molecular flexibility index (Phi) is 4.45. The van der Waals surface area contributed by atoms with Crippen molar-refractivity contribution < 1.29 is 4.79 Å². The van der Waals surface area contributed by atoms with Gasteiger partial charge in [-0.25, -0.2) is 9.78 Å². The number of aromatic nitrogens is 3. The lowest BCUT2D eigenvalue weighted by Crippen LogP contribution is -2.39. The van der Waals surface area contributed by atoms with Gasteiger partial charge in [-0.1, -0.05) is 6.07 Å². The first kappa shape index (κ1) is 16.3. The molecule has 3 heterocycles. The minimum absolute atomic E-state index is 0.127. The Morgan fingerprint density at radius 3 is 2.79 bits per heavy atom. The minimum Gasteiger partial charge on any atom is -0.313 e. The van der Waals surface area contributed by atoms with Crippen molar-refractivity contribution in [3.8, 4) is 0 Å². The number of thiazole rings is 1. The van der Waals surface area contributed by atoms with Crippen molar-refractivity contribution in [2.24, 2.45) is 0 Å². The first-order valence-corrected chi connectivity index (χ1v) is 8.75. The summed E-state index contributed by atoms with van der Waals surface area (Å²) in [6, 6.07) is 3.66. The molecule has 7 nitrogen and oxygen atoms in total. The van der Waals surface area contributed by atoms with Gasteiger partial charge in [-0.3, -0.25) is 19.5 Å². The molecule has 0 aromatic carbocycles. The summed E-state index contributed by atoms with van der Waals surface area (Å²) in [7, 11) is 0. The van der Waals surface area contributed by atoms with E-state index in [-0.39, 0.29) is 12.1 Å². The fourth-order valence-electron chi connectivity index (χ4n) is 2.07. The molecule has 0 unspecified atom stereocenters. The zero-order chi connectivity index (χ0) is 17.3. The predicted molar refractivity (Wildman–Crippen MR) is 94.3 cm³/mol. The molecule has 0 aliphatic rings. The van der Waals surface area contributed by atoms with Crippen LogP contribution in [0.5, 0.6) is 0 Å². The highest BCUT2D eigenvalue weighted by atomic mass is 32.1. The first-order valence-electron chi connectivity index (χ1n) is 7.06. The van der Waals surface area contributed by atoms with E-state index in [1.807, 2.05) is 31.4 Å². The maximum absolute atomic E-state index is 12.5. The number of nitrogens with zero attached hydrogens (tertiary/aromatic N) is 2. The lowest BCUT2D eigenvalue weighted by atomic mass is 10.3. The van der Waals surface area contributed by atoms with Gasteiger partial charge >= 0.3 is 5.69 Å². The third-order valence-corrected chi connectivity index (χ3v) is 5.30. The number of aryl methyl sites for hydroxylation is 2. The van der Waals surface area contributed by atoms with E-state index in [4.69, 9.17) is 0 Å². The number of nitrogens with one attached hydrogen (secondary N) is 2. The van der Waals surface area contributed by atoms with E-state index in [0.29, 0.717) is 5.13 Å². The molecule has 124 valence electrons. The Balaban J connectivity index is 1.92. The maximum atomic E-state index is 12.5. The van der Waals surface area contributed by atoms with E-state index in [9.17, 15) is 14.4 Å². The summed E-state index contributed by atoms with van der Waals surface area (Å²) in [4.78, 5) is 45.2. The van der Waals surface area contributed by atoms with Gasteiger partial charge in [-0.2, -0.15) is 0 Å². The van der Waals surface area contributed by atoms with Crippen LogP contribution in [0.15, 0.2) is 33.3 Å². The average Bonchev–Trinajstić information content (AvgIpc) is 3.14. The largest absolute Gasteiger partial charge is 0.328 e. The summed E-state index contributed by atoms with van der Waals surface area (Å²) >= 11 is 2.77. The van der Waals surface area contributed by atoms with Crippen molar-refractivity contribution in [1.29, 1.82) is 0 Å². The van der Waals surface area contributed by atoms with E-state index < -0.39 is 17.2 Å². The molecule has 2 N–H and O–H groups in total. The second-order valence-electron chi connectivity index (χ2n) is 5.09. The highest BCUT2D eigenvalue weighted by Gasteiger charge is 2.17. The molecule has 0 atom stereocenters. The molecule has 3 rings (SSSR count).